The number of phenolic OH excluding ortho intramolecular Hbond substituents is 1. The molecule has 32 heavy (non-hydrogen) atoms. The smallest absolute Gasteiger partial charge is 0.416 e. The largest absolute Gasteiger partial charge is 0.507 e. The molecule has 3 aromatic rings. The van der Waals surface area contributed by atoms with Crippen molar-refractivity contribution >= 4 is 29.2 Å². The summed E-state index contributed by atoms with van der Waals surface area (Å²) in [6.07, 6.45) is -3.26. The second-order valence-electron chi connectivity index (χ2n) is 6.80. The van der Waals surface area contributed by atoms with Crippen LogP contribution in [-0.2, 0) is 6.18 Å². The van der Waals surface area contributed by atoms with Crippen molar-refractivity contribution in [2.75, 3.05) is 5.32 Å². The number of anilines is 1. The zero-order valence-corrected chi connectivity index (χ0v) is 16.6. The van der Waals surface area contributed by atoms with Gasteiger partial charge in [-0.15, -0.1) is 0 Å². The van der Waals surface area contributed by atoms with Crippen LogP contribution < -0.4 is 5.32 Å². The fourth-order valence-electron chi connectivity index (χ4n) is 2.81. The highest BCUT2D eigenvalue weighted by atomic mass is 19.4. The minimum absolute atomic E-state index is 0.00318. The molecule has 3 rings (SSSR count). The number of nitrogens with zero attached hydrogens (tertiary/aromatic N) is 2. The highest BCUT2D eigenvalue weighted by Gasteiger charge is 2.30. The summed E-state index contributed by atoms with van der Waals surface area (Å²) in [5, 5.41) is 23.5. The highest BCUT2D eigenvalue weighted by Crippen LogP contribution is 2.31. The number of hydrogen-bond acceptors (Lipinski definition) is 5. The number of nitro benzene ring substituents is 1. The van der Waals surface area contributed by atoms with Gasteiger partial charge in [-0.1, -0.05) is 6.07 Å². The maximum Gasteiger partial charge on any atom is 0.416 e. The summed E-state index contributed by atoms with van der Waals surface area (Å²) in [7, 11) is 0. The monoisotopic (exact) mass is 443 g/mol. The summed E-state index contributed by atoms with van der Waals surface area (Å²) in [6, 6.07) is 12.5. The Labute approximate surface area is 180 Å². The van der Waals surface area contributed by atoms with Gasteiger partial charge in [0.2, 0.25) is 0 Å². The summed E-state index contributed by atoms with van der Waals surface area (Å²) < 4.78 is 38.4. The van der Waals surface area contributed by atoms with Gasteiger partial charge < -0.3 is 10.4 Å². The first kappa shape index (κ1) is 22.5. The number of rotatable bonds is 5. The van der Waals surface area contributed by atoms with E-state index in [1.54, 1.807) is 0 Å². The van der Waals surface area contributed by atoms with Gasteiger partial charge in [0.15, 0.2) is 0 Å². The number of non-ortho nitro benzene ring substituents is 1. The Balaban J connectivity index is 1.74. The van der Waals surface area contributed by atoms with Crippen molar-refractivity contribution in [1.82, 2.24) is 0 Å². The molecule has 0 aliphatic rings. The Hall–Kier alpha value is -4.21. The zero-order valence-electron chi connectivity index (χ0n) is 16.6. The van der Waals surface area contributed by atoms with Gasteiger partial charge in [0, 0.05) is 35.2 Å². The Morgan fingerprint density at radius 3 is 2.44 bits per heavy atom. The predicted octanol–water partition coefficient (Wildman–Crippen LogP) is 5.63. The van der Waals surface area contributed by atoms with Gasteiger partial charge in [-0.3, -0.25) is 19.9 Å². The fourth-order valence-corrected chi connectivity index (χ4v) is 2.81. The van der Waals surface area contributed by atoms with E-state index in [1.165, 1.54) is 61.7 Å². The molecule has 0 radical (unpaired) electrons. The van der Waals surface area contributed by atoms with Crippen LogP contribution in [0.4, 0.5) is 30.2 Å². The van der Waals surface area contributed by atoms with Crippen molar-refractivity contribution in [3.05, 3.63) is 93.0 Å². The van der Waals surface area contributed by atoms with Gasteiger partial charge in [0.05, 0.1) is 16.2 Å². The SMILES string of the molecule is Cc1cc([N+](=O)[O-])cc(C=Nc2ccc(C(=O)Nc3cccc(C(F)(F)F)c3)cc2)c1O. The lowest BCUT2D eigenvalue weighted by Crippen LogP contribution is -2.13. The second kappa shape index (κ2) is 8.88. The number of benzene rings is 3. The molecule has 3 aromatic carbocycles. The van der Waals surface area contributed by atoms with Crippen LogP contribution in [0, 0.1) is 17.0 Å². The zero-order chi connectivity index (χ0) is 23.5. The first-order valence-corrected chi connectivity index (χ1v) is 9.15. The molecular formula is C22H16F3N3O4. The van der Waals surface area contributed by atoms with Crippen LogP contribution >= 0.6 is 0 Å². The lowest BCUT2D eigenvalue weighted by molar-refractivity contribution is -0.384. The van der Waals surface area contributed by atoms with Crippen molar-refractivity contribution in [3.8, 4) is 5.75 Å². The molecule has 0 aliphatic carbocycles. The molecule has 1 amide bonds. The topological polar surface area (TPSA) is 105 Å². The molecule has 0 heterocycles. The molecule has 0 aliphatic heterocycles. The molecule has 0 saturated heterocycles. The van der Waals surface area contributed by atoms with E-state index in [0.717, 1.165) is 12.1 Å². The molecule has 10 heteroatoms. The second-order valence-corrected chi connectivity index (χ2v) is 6.80. The molecule has 0 atom stereocenters. The van der Waals surface area contributed by atoms with Crippen LogP contribution in [0.3, 0.4) is 0 Å². The first-order chi connectivity index (χ1) is 15.0. The van der Waals surface area contributed by atoms with Crippen LogP contribution in [0.1, 0.15) is 27.0 Å². The maximum atomic E-state index is 12.8. The van der Waals surface area contributed by atoms with Gasteiger partial charge in [-0.2, -0.15) is 13.2 Å². The van der Waals surface area contributed by atoms with Gasteiger partial charge in [0.1, 0.15) is 5.75 Å². The van der Waals surface area contributed by atoms with Crippen LogP contribution in [-0.4, -0.2) is 22.2 Å². The normalized spacial score (nSPS) is 11.5. The number of nitrogens with one attached hydrogen (secondary N) is 1. The van der Waals surface area contributed by atoms with E-state index < -0.39 is 22.6 Å². The molecule has 7 nitrogen and oxygen atoms in total. The van der Waals surface area contributed by atoms with Crippen molar-refractivity contribution in [2.24, 2.45) is 4.99 Å². The first-order valence-electron chi connectivity index (χ1n) is 9.15. The van der Waals surface area contributed by atoms with Gasteiger partial charge in [0.25, 0.3) is 11.6 Å². The number of aliphatic imine (C=N–C) groups is 1. The Kier molecular flexibility index (Phi) is 6.24. The van der Waals surface area contributed by atoms with E-state index in [9.17, 15) is 33.2 Å². The molecule has 0 fully saturated rings. The molecule has 0 bridgehead atoms. The number of aryl methyl sites for hydroxylation is 1. The summed E-state index contributed by atoms with van der Waals surface area (Å²) >= 11 is 0. The lowest BCUT2D eigenvalue weighted by Gasteiger charge is -2.10. The van der Waals surface area contributed by atoms with Crippen LogP contribution in [0.5, 0.6) is 5.75 Å². The Morgan fingerprint density at radius 1 is 1.12 bits per heavy atom. The number of amides is 1. The minimum Gasteiger partial charge on any atom is -0.507 e. The molecule has 0 saturated carbocycles. The quantitative estimate of drug-likeness (QED) is 0.303. The van der Waals surface area contributed by atoms with Gasteiger partial charge >= 0.3 is 6.18 Å². The molecule has 2 N–H and O–H groups in total. The van der Waals surface area contributed by atoms with Crippen LogP contribution in [0.15, 0.2) is 65.7 Å². The van der Waals surface area contributed by atoms with Crippen molar-refractivity contribution in [1.29, 1.82) is 0 Å². The van der Waals surface area contributed by atoms with Crippen molar-refractivity contribution in [2.45, 2.75) is 13.1 Å². The third-order valence-corrected chi connectivity index (χ3v) is 4.46. The third kappa shape index (κ3) is 5.28. The molecule has 0 spiro atoms. The number of nitro groups is 1. The van der Waals surface area contributed by atoms with E-state index >= 15 is 0 Å². The molecule has 164 valence electrons. The standard InChI is InChI=1S/C22H16F3N3O4/c1-13-9-19(28(31)32)10-15(20(13)29)12-26-17-7-5-14(6-8-17)21(30)27-18-4-2-3-16(11-18)22(23,24)25/h2-12,29H,1H3,(H,27,30). The van der Waals surface area contributed by atoms with Crippen molar-refractivity contribution in [3.63, 3.8) is 0 Å². The summed E-state index contributed by atoms with van der Waals surface area (Å²) in [6.45, 7) is 1.53. The number of carbonyl (C=O) groups is 1. The lowest BCUT2D eigenvalue weighted by atomic mass is 10.1. The van der Waals surface area contributed by atoms with E-state index in [2.05, 4.69) is 10.3 Å². The van der Waals surface area contributed by atoms with Crippen LogP contribution in [0.2, 0.25) is 0 Å². The fraction of sp³-hybridized carbons (Fsp3) is 0.0909. The minimum atomic E-state index is -4.52. The predicted molar refractivity (Wildman–Crippen MR) is 113 cm³/mol. The van der Waals surface area contributed by atoms with Gasteiger partial charge in [-0.05, 0) is 55.0 Å². The third-order valence-electron chi connectivity index (χ3n) is 4.46. The molecule has 0 aromatic heterocycles. The molecule has 0 unspecified atom stereocenters. The average Bonchev–Trinajstić information content (AvgIpc) is 2.74. The highest BCUT2D eigenvalue weighted by molar-refractivity contribution is 6.04. The van der Waals surface area contributed by atoms with Crippen LogP contribution in [0.25, 0.3) is 0 Å². The van der Waals surface area contributed by atoms with E-state index in [0.29, 0.717) is 11.3 Å². The number of alkyl halides is 3. The Morgan fingerprint density at radius 2 is 1.81 bits per heavy atom. The summed E-state index contributed by atoms with van der Waals surface area (Å²) in [4.78, 5) is 26.9. The van der Waals surface area contributed by atoms with Gasteiger partial charge in [-0.25, -0.2) is 0 Å². The number of hydrogen-bond donors (Lipinski definition) is 2. The maximum absolute atomic E-state index is 12.8. The molecular weight excluding hydrogens is 427 g/mol. The van der Waals surface area contributed by atoms with E-state index in [-0.39, 0.29) is 28.3 Å². The van der Waals surface area contributed by atoms with E-state index in [1.807, 2.05) is 0 Å². The number of aromatic hydroxyl groups is 1. The summed E-state index contributed by atoms with van der Waals surface area (Å²) in [5.41, 5.74) is -0.00340. The number of phenols is 1. The number of carbonyl (C=O) groups excluding carboxylic acids is 1. The van der Waals surface area contributed by atoms with E-state index in [4.69, 9.17) is 0 Å². The average molecular weight is 443 g/mol. The number of halogens is 3. The van der Waals surface area contributed by atoms with Crippen molar-refractivity contribution < 1.29 is 28.0 Å². The summed E-state index contributed by atoms with van der Waals surface area (Å²) in [5.74, 6) is -0.747. The Bertz CT molecular complexity index is 1210.